The average Bonchev–Trinajstić information content (AvgIpc) is 3.14. The number of hydrogen-bond donors (Lipinski definition) is 3. The molecule has 1 aliphatic heterocycles. The number of rotatable bonds is 4. The summed E-state index contributed by atoms with van der Waals surface area (Å²) in [6.45, 7) is 4.65. The van der Waals surface area contributed by atoms with Crippen LogP contribution in [0.2, 0.25) is 0 Å². The lowest BCUT2D eigenvalue weighted by Crippen LogP contribution is -2.35. The van der Waals surface area contributed by atoms with E-state index >= 15 is 0 Å². The van der Waals surface area contributed by atoms with Gasteiger partial charge in [-0.05, 0) is 43.2 Å². The Balaban J connectivity index is 1.73. The number of nitrogen functional groups attached to an aromatic ring is 1. The number of halogens is 3. The van der Waals surface area contributed by atoms with Crippen LogP contribution < -0.4 is 21.3 Å². The number of fused-ring (bicyclic) bond motifs is 1. The van der Waals surface area contributed by atoms with Crippen molar-refractivity contribution < 1.29 is 18.0 Å². The Bertz CT molecular complexity index is 1180. The van der Waals surface area contributed by atoms with Gasteiger partial charge in [-0.15, -0.1) is 0 Å². The summed E-state index contributed by atoms with van der Waals surface area (Å²) in [5.74, 6) is 0.738. The lowest BCUT2D eigenvalue weighted by atomic mass is 10.1. The van der Waals surface area contributed by atoms with Crippen molar-refractivity contribution in [2.45, 2.75) is 32.5 Å². The molecule has 0 aliphatic carbocycles. The zero-order valence-electron chi connectivity index (χ0n) is 17.6. The van der Waals surface area contributed by atoms with E-state index in [0.717, 1.165) is 29.5 Å². The highest BCUT2D eigenvalue weighted by molar-refractivity contribution is 5.93. The number of nitrogens with one attached hydrogen (secondary N) is 2. The van der Waals surface area contributed by atoms with Crippen molar-refractivity contribution in [2.24, 2.45) is 0 Å². The van der Waals surface area contributed by atoms with E-state index in [1.54, 1.807) is 0 Å². The van der Waals surface area contributed by atoms with Crippen LogP contribution in [-0.2, 0) is 11.0 Å². The molecular weight excluding hydrogens is 421 g/mol. The molecule has 1 aliphatic rings. The molecule has 0 radical (unpaired) electrons. The number of aromatic nitrogens is 2. The van der Waals surface area contributed by atoms with Gasteiger partial charge in [0.25, 0.3) is 0 Å². The second-order valence-corrected chi connectivity index (χ2v) is 7.94. The zero-order valence-corrected chi connectivity index (χ0v) is 17.6. The van der Waals surface area contributed by atoms with Crippen molar-refractivity contribution in [3.8, 4) is 0 Å². The van der Waals surface area contributed by atoms with Crippen LogP contribution in [0.3, 0.4) is 0 Å². The molecule has 7 nitrogen and oxygen atoms in total. The van der Waals surface area contributed by atoms with Crippen molar-refractivity contribution in [2.75, 3.05) is 29.0 Å². The highest BCUT2D eigenvalue weighted by Crippen LogP contribution is 2.34. The van der Waals surface area contributed by atoms with Crippen LogP contribution in [0.1, 0.15) is 24.5 Å². The van der Waals surface area contributed by atoms with E-state index in [4.69, 9.17) is 5.73 Å². The minimum Gasteiger partial charge on any atom is -0.399 e. The Labute approximate surface area is 182 Å². The summed E-state index contributed by atoms with van der Waals surface area (Å²) in [5.41, 5.74) is 6.57. The van der Waals surface area contributed by atoms with Crippen LogP contribution in [0.25, 0.3) is 10.9 Å². The maximum absolute atomic E-state index is 13.2. The summed E-state index contributed by atoms with van der Waals surface area (Å²) in [4.78, 5) is 22.7. The predicted molar refractivity (Wildman–Crippen MR) is 118 cm³/mol. The fourth-order valence-electron chi connectivity index (χ4n) is 3.95. The minimum absolute atomic E-state index is 0.00185. The fourth-order valence-corrected chi connectivity index (χ4v) is 3.95. The van der Waals surface area contributed by atoms with Crippen LogP contribution in [0.5, 0.6) is 0 Å². The first-order valence-electron chi connectivity index (χ1n) is 10.1. The quantitative estimate of drug-likeness (QED) is 0.527. The summed E-state index contributed by atoms with van der Waals surface area (Å²) in [6, 6.07) is 9.00. The van der Waals surface area contributed by atoms with Crippen LogP contribution >= 0.6 is 0 Å². The number of para-hydroxylation sites is 1. The monoisotopic (exact) mass is 444 g/mol. The van der Waals surface area contributed by atoms with E-state index in [-0.39, 0.29) is 29.3 Å². The van der Waals surface area contributed by atoms with Crippen molar-refractivity contribution in [3.05, 3.63) is 47.5 Å². The third-order valence-corrected chi connectivity index (χ3v) is 5.34. The Kier molecular flexibility index (Phi) is 5.53. The number of amides is 1. The topological polar surface area (TPSA) is 96.2 Å². The molecule has 168 valence electrons. The van der Waals surface area contributed by atoms with Gasteiger partial charge in [0, 0.05) is 42.8 Å². The van der Waals surface area contributed by atoms with Gasteiger partial charge in [0.2, 0.25) is 11.9 Å². The first-order valence-corrected chi connectivity index (χ1v) is 10.1. The minimum atomic E-state index is -4.52. The van der Waals surface area contributed by atoms with Gasteiger partial charge in [-0.2, -0.15) is 18.2 Å². The lowest BCUT2D eigenvalue weighted by molar-refractivity contribution is -0.137. The highest BCUT2D eigenvalue weighted by Gasteiger charge is 2.31. The second-order valence-electron chi connectivity index (χ2n) is 7.94. The van der Waals surface area contributed by atoms with Gasteiger partial charge < -0.3 is 21.3 Å². The average molecular weight is 444 g/mol. The van der Waals surface area contributed by atoms with E-state index in [1.807, 2.05) is 25.1 Å². The van der Waals surface area contributed by atoms with Crippen molar-refractivity contribution >= 4 is 40.0 Å². The summed E-state index contributed by atoms with van der Waals surface area (Å²) >= 11 is 0. The summed E-state index contributed by atoms with van der Waals surface area (Å²) in [6.07, 6.45) is -3.75. The maximum Gasteiger partial charge on any atom is 0.416 e. The first-order chi connectivity index (χ1) is 15.1. The molecule has 0 bridgehead atoms. The number of carbonyl (C=O) groups is 1. The van der Waals surface area contributed by atoms with Crippen molar-refractivity contribution in [1.29, 1.82) is 0 Å². The number of nitrogens with zero attached hydrogens (tertiary/aromatic N) is 3. The van der Waals surface area contributed by atoms with E-state index in [1.165, 1.54) is 13.0 Å². The zero-order chi connectivity index (χ0) is 23.0. The summed E-state index contributed by atoms with van der Waals surface area (Å²) < 4.78 is 39.6. The van der Waals surface area contributed by atoms with Gasteiger partial charge in [0.05, 0.1) is 11.1 Å². The van der Waals surface area contributed by atoms with Gasteiger partial charge >= 0.3 is 6.18 Å². The molecule has 0 saturated carbocycles. The summed E-state index contributed by atoms with van der Waals surface area (Å²) in [7, 11) is 0. The van der Waals surface area contributed by atoms with E-state index in [2.05, 4.69) is 25.5 Å². The molecule has 1 amide bonds. The highest BCUT2D eigenvalue weighted by atomic mass is 19.4. The Morgan fingerprint density at radius 1 is 1.22 bits per heavy atom. The lowest BCUT2D eigenvalue weighted by Gasteiger charge is -2.21. The standard InChI is InChI=1S/C22H23F3N6O/c1-12-4-3-5-18-19(12)29-21(28-17-9-14(22(23,24)25)8-15(26)10-17)30-20(18)31-7-6-16(11-31)27-13(2)32/h3-5,8-10,16H,6-7,11,26H2,1-2H3,(H,27,32)(H,28,29,30)/t16-/m0/s1. The van der Waals surface area contributed by atoms with Crippen LogP contribution in [0.15, 0.2) is 36.4 Å². The molecule has 1 saturated heterocycles. The third-order valence-electron chi connectivity index (χ3n) is 5.34. The molecule has 0 spiro atoms. The molecule has 32 heavy (non-hydrogen) atoms. The Hall–Kier alpha value is -3.56. The smallest absolute Gasteiger partial charge is 0.399 e. The number of benzene rings is 2. The largest absolute Gasteiger partial charge is 0.416 e. The van der Waals surface area contributed by atoms with E-state index < -0.39 is 11.7 Å². The molecule has 4 rings (SSSR count). The number of aryl methyl sites for hydroxylation is 1. The molecule has 2 aromatic carbocycles. The number of hydrogen-bond acceptors (Lipinski definition) is 6. The molecule has 1 fully saturated rings. The molecule has 10 heteroatoms. The van der Waals surface area contributed by atoms with Gasteiger partial charge in [-0.25, -0.2) is 4.98 Å². The van der Waals surface area contributed by atoms with Crippen LogP contribution in [0, 0.1) is 6.92 Å². The molecule has 1 aromatic heterocycles. The van der Waals surface area contributed by atoms with E-state index in [9.17, 15) is 18.0 Å². The molecular formula is C22H23F3N6O. The Morgan fingerprint density at radius 3 is 2.72 bits per heavy atom. The maximum atomic E-state index is 13.2. The second kappa shape index (κ2) is 8.18. The van der Waals surface area contributed by atoms with Gasteiger partial charge in [0.15, 0.2) is 0 Å². The fraction of sp³-hybridized carbons (Fsp3) is 0.318. The molecule has 2 heterocycles. The Morgan fingerprint density at radius 2 is 2.00 bits per heavy atom. The molecule has 0 unspecified atom stereocenters. The number of carbonyl (C=O) groups excluding carboxylic acids is 1. The van der Waals surface area contributed by atoms with Crippen LogP contribution in [0.4, 0.5) is 36.3 Å². The van der Waals surface area contributed by atoms with Crippen molar-refractivity contribution in [3.63, 3.8) is 0 Å². The van der Waals surface area contributed by atoms with E-state index in [0.29, 0.717) is 24.4 Å². The van der Waals surface area contributed by atoms with Gasteiger partial charge in [-0.3, -0.25) is 4.79 Å². The van der Waals surface area contributed by atoms with Crippen LogP contribution in [-0.4, -0.2) is 35.0 Å². The number of nitrogens with two attached hydrogens (primary N) is 1. The SMILES string of the molecule is CC(=O)N[C@H]1CCN(c2nc(Nc3cc(N)cc(C(F)(F)F)c3)nc3c(C)cccc23)C1. The third kappa shape index (κ3) is 4.53. The molecule has 4 N–H and O–H groups in total. The molecule has 3 aromatic rings. The molecule has 1 atom stereocenters. The normalized spacial score (nSPS) is 16.4. The van der Waals surface area contributed by atoms with Gasteiger partial charge in [0.1, 0.15) is 5.82 Å². The number of anilines is 4. The van der Waals surface area contributed by atoms with Gasteiger partial charge in [-0.1, -0.05) is 12.1 Å². The first kappa shape index (κ1) is 21.7. The summed E-state index contributed by atoms with van der Waals surface area (Å²) in [5, 5.41) is 6.64. The number of alkyl halides is 3. The van der Waals surface area contributed by atoms with Crippen molar-refractivity contribution in [1.82, 2.24) is 15.3 Å². The predicted octanol–water partition coefficient (Wildman–Crippen LogP) is 4.00.